The van der Waals surface area contributed by atoms with Crippen LogP contribution in [0.2, 0.25) is 0 Å². The minimum Gasteiger partial charge on any atom is -0.464 e. The number of hydrogen-bond donors (Lipinski definition) is 1. The third kappa shape index (κ3) is 4.49. The predicted octanol–water partition coefficient (Wildman–Crippen LogP) is 1.49. The molecule has 0 radical (unpaired) electrons. The lowest BCUT2D eigenvalue weighted by molar-refractivity contribution is -0.161. The summed E-state index contributed by atoms with van der Waals surface area (Å²) in [7, 11) is 0. The van der Waals surface area contributed by atoms with E-state index in [0.29, 0.717) is 6.61 Å². The van der Waals surface area contributed by atoms with Crippen molar-refractivity contribution in [3.05, 3.63) is 0 Å². The van der Waals surface area contributed by atoms with E-state index in [-0.39, 0.29) is 18.2 Å². The number of carbonyl (C=O) groups is 1. The molecule has 1 aliphatic heterocycles. The molecule has 94 valence electrons. The van der Waals surface area contributed by atoms with Crippen molar-refractivity contribution in [2.75, 3.05) is 19.7 Å². The Kier molecular flexibility index (Phi) is 6.42. The fourth-order valence-electron chi connectivity index (χ4n) is 1.91. The highest BCUT2D eigenvalue weighted by atomic mass is 16.6. The van der Waals surface area contributed by atoms with Gasteiger partial charge in [-0.3, -0.25) is 0 Å². The second-order valence-electron chi connectivity index (χ2n) is 4.13. The zero-order valence-corrected chi connectivity index (χ0v) is 10.3. The Morgan fingerprint density at radius 1 is 1.50 bits per heavy atom. The Morgan fingerprint density at radius 3 is 2.88 bits per heavy atom. The largest absolute Gasteiger partial charge is 0.464 e. The van der Waals surface area contributed by atoms with Crippen LogP contribution in [0.3, 0.4) is 0 Å². The van der Waals surface area contributed by atoms with Crippen LogP contribution in [0.1, 0.15) is 39.5 Å². The molecule has 1 rings (SSSR count). The first-order valence-corrected chi connectivity index (χ1v) is 6.30. The van der Waals surface area contributed by atoms with E-state index in [1.807, 2.05) is 6.92 Å². The van der Waals surface area contributed by atoms with Crippen LogP contribution in [0.4, 0.5) is 0 Å². The molecule has 0 aliphatic carbocycles. The van der Waals surface area contributed by atoms with E-state index in [1.165, 1.54) is 0 Å². The maximum absolute atomic E-state index is 11.6. The van der Waals surface area contributed by atoms with Gasteiger partial charge < -0.3 is 14.8 Å². The fraction of sp³-hybridized carbons (Fsp3) is 0.917. The van der Waals surface area contributed by atoms with Crippen molar-refractivity contribution < 1.29 is 14.3 Å². The molecule has 0 aromatic carbocycles. The molecule has 0 spiro atoms. The molecule has 0 aromatic heterocycles. The Labute approximate surface area is 97.7 Å². The molecule has 1 aliphatic rings. The third-order valence-electron chi connectivity index (χ3n) is 2.71. The number of piperidine rings is 1. The Balaban J connectivity index is 2.39. The van der Waals surface area contributed by atoms with E-state index in [9.17, 15) is 4.79 Å². The molecule has 16 heavy (non-hydrogen) atoms. The minimum absolute atomic E-state index is 0.162. The van der Waals surface area contributed by atoms with E-state index in [2.05, 4.69) is 12.2 Å². The fourth-order valence-corrected chi connectivity index (χ4v) is 1.91. The molecule has 2 unspecified atom stereocenters. The van der Waals surface area contributed by atoms with Gasteiger partial charge in [0, 0.05) is 6.54 Å². The SMILES string of the molecule is CCCC(OC1CCCNC1)C(=O)OCC. The van der Waals surface area contributed by atoms with Gasteiger partial charge in [0.05, 0.1) is 12.7 Å². The van der Waals surface area contributed by atoms with Crippen molar-refractivity contribution in [1.29, 1.82) is 0 Å². The van der Waals surface area contributed by atoms with Crippen LogP contribution in [0.15, 0.2) is 0 Å². The Morgan fingerprint density at radius 2 is 2.31 bits per heavy atom. The van der Waals surface area contributed by atoms with E-state index in [4.69, 9.17) is 9.47 Å². The lowest BCUT2D eigenvalue weighted by atomic mass is 10.1. The molecular formula is C12H23NO3. The Bertz CT molecular complexity index is 202. The van der Waals surface area contributed by atoms with Gasteiger partial charge in [0.25, 0.3) is 0 Å². The summed E-state index contributed by atoms with van der Waals surface area (Å²) in [5.41, 5.74) is 0. The first kappa shape index (κ1) is 13.5. The summed E-state index contributed by atoms with van der Waals surface area (Å²) in [6.07, 6.45) is 3.61. The maximum Gasteiger partial charge on any atom is 0.335 e. The van der Waals surface area contributed by atoms with Crippen LogP contribution in [0.25, 0.3) is 0 Å². The van der Waals surface area contributed by atoms with E-state index >= 15 is 0 Å². The average Bonchev–Trinajstić information content (AvgIpc) is 2.30. The van der Waals surface area contributed by atoms with Gasteiger partial charge in [-0.1, -0.05) is 13.3 Å². The normalized spacial score (nSPS) is 22.8. The van der Waals surface area contributed by atoms with Gasteiger partial charge in [-0.05, 0) is 32.7 Å². The van der Waals surface area contributed by atoms with Gasteiger partial charge in [-0.15, -0.1) is 0 Å². The zero-order valence-electron chi connectivity index (χ0n) is 10.3. The second kappa shape index (κ2) is 7.63. The van der Waals surface area contributed by atoms with Gasteiger partial charge in [0.15, 0.2) is 6.10 Å². The number of ether oxygens (including phenoxy) is 2. The number of nitrogens with one attached hydrogen (secondary N) is 1. The first-order chi connectivity index (χ1) is 7.77. The summed E-state index contributed by atoms with van der Waals surface area (Å²) in [4.78, 5) is 11.6. The average molecular weight is 229 g/mol. The standard InChI is InChI=1S/C12H23NO3/c1-3-6-11(12(14)15-4-2)16-10-7-5-8-13-9-10/h10-11,13H,3-9H2,1-2H3. The molecule has 0 saturated carbocycles. The van der Waals surface area contributed by atoms with Crippen LogP contribution in [-0.4, -0.2) is 37.9 Å². The summed E-state index contributed by atoms with van der Waals surface area (Å²) < 4.78 is 10.8. The van der Waals surface area contributed by atoms with Gasteiger partial charge in [-0.25, -0.2) is 4.79 Å². The van der Waals surface area contributed by atoms with Crippen LogP contribution in [0, 0.1) is 0 Å². The van der Waals surface area contributed by atoms with E-state index < -0.39 is 0 Å². The lowest BCUT2D eigenvalue weighted by Gasteiger charge is -2.27. The molecule has 1 N–H and O–H groups in total. The highest BCUT2D eigenvalue weighted by Gasteiger charge is 2.24. The summed E-state index contributed by atoms with van der Waals surface area (Å²) in [6, 6.07) is 0. The maximum atomic E-state index is 11.6. The smallest absolute Gasteiger partial charge is 0.335 e. The molecule has 1 fully saturated rings. The van der Waals surface area contributed by atoms with E-state index in [0.717, 1.165) is 38.8 Å². The molecule has 1 saturated heterocycles. The molecule has 0 aromatic rings. The van der Waals surface area contributed by atoms with Gasteiger partial charge in [-0.2, -0.15) is 0 Å². The topological polar surface area (TPSA) is 47.6 Å². The molecule has 2 atom stereocenters. The molecule has 1 heterocycles. The summed E-state index contributed by atoms with van der Waals surface area (Å²) in [6.45, 7) is 6.19. The molecule has 0 bridgehead atoms. The number of rotatable bonds is 6. The third-order valence-corrected chi connectivity index (χ3v) is 2.71. The lowest BCUT2D eigenvalue weighted by Crippen LogP contribution is -2.40. The zero-order chi connectivity index (χ0) is 11.8. The van der Waals surface area contributed by atoms with E-state index in [1.54, 1.807) is 0 Å². The van der Waals surface area contributed by atoms with Gasteiger partial charge in [0.1, 0.15) is 0 Å². The second-order valence-corrected chi connectivity index (χ2v) is 4.13. The molecule has 0 amide bonds. The molecule has 4 heteroatoms. The molecule has 4 nitrogen and oxygen atoms in total. The first-order valence-electron chi connectivity index (χ1n) is 6.30. The monoisotopic (exact) mass is 229 g/mol. The van der Waals surface area contributed by atoms with Crippen LogP contribution in [-0.2, 0) is 14.3 Å². The van der Waals surface area contributed by atoms with Crippen LogP contribution in [0.5, 0.6) is 0 Å². The highest BCUT2D eigenvalue weighted by Crippen LogP contribution is 2.13. The van der Waals surface area contributed by atoms with Gasteiger partial charge >= 0.3 is 5.97 Å². The quantitative estimate of drug-likeness (QED) is 0.701. The van der Waals surface area contributed by atoms with Crippen LogP contribution < -0.4 is 5.32 Å². The van der Waals surface area contributed by atoms with Crippen LogP contribution >= 0.6 is 0 Å². The van der Waals surface area contributed by atoms with Crippen molar-refractivity contribution in [3.63, 3.8) is 0 Å². The number of hydrogen-bond acceptors (Lipinski definition) is 4. The van der Waals surface area contributed by atoms with Crippen molar-refractivity contribution in [1.82, 2.24) is 5.32 Å². The van der Waals surface area contributed by atoms with Crippen molar-refractivity contribution in [3.8, 4) is 0 Å². The van der Waals surface area contributed by atoms with Crippen molar-refractivity contribution in [2.24, 2.45) is 0 Å². The number of esters is 1. The summed E-state index contributed by atoms with van der Waals surface area (Å²) in [5.74, 6) is -0.213. The minimum atomic E-state index is -0.380. The highest BCUT2D eigenvalue weighted by molar-refractivity contribution is 5.74. The van der Waals surface area contributed by atoms with Crippen molar-refractivity contribution in [2.45, 2.75) is 51.7 Å². The molecular weight excluding hydrogens is 206 g/mol. The predicted molar refractivity (Wildman–Crippen MR) is 62.3 cm³/mol. The van der Waals surface area contributed by atoms with Gasteiger partial charge in [0.2, 0.25) is 0 Å². The van der Waals surface area contributed by atoms with Crippen molar-refractivity contribution >= 4 is 5.97 Å². The Hall–Kier alpha value is -0.610. The number of carbonyl (C=O) groups excluding carboxylic acids is 1. The summed E-state index contributed by atoms with van der Waals surface area (Å²) in [5, 5.41) is 3.28. The summed E-state index contributed by atoms with van der Waals surface area (Å²) >= 11 is 0.